The molecule has 0 aromatic heterocycles. The van der Waals surface area contributed by atoms with Crippen molar-refractivity contribution < 1.29 is 4.79 Å². The van der Waals surface area contributed by atoms with E-state index in [4.69, 9.17) is 0 Å². The molecule has 0 bridgehead atoms. The molecule has 1 amide bonds. The van der Waals surface area contributed by atoms with Crippen LogP contribution in [0.15, 0.2) is 0 Å². The minimum absolute atomic E-state index is 0.252. The van der Waals surface area contributed by atoms with E-state index in [0.717, 1.165) is 0 Å². The van der Waals surface area contributed by atoms with Crippen molar-refractivity contribution in [3.8, 4) is 0 Å². The van der Waals surface area contributed by atoms with Crippen LogP contribution < -0.4 is 0 Å². The van der Waals surface area contributed by atoms with Gasteiger partial charge in [-0.25, -0.2) is 0 Å². The maximum Gasteiger partial charge on any atom is 0.228 e. The summed E-state index contributed by atoms with van der Waals surface area (Å²) in [5.74, 6) is 0.856. The largest absolute Gasteiger partial charge is 0.337 e. The molecule has 0 N–H and O–H groups in total. The average Bonchev–Trinajstić information content (AvgIpc) is 2.69. The first-order chi connectivity index (χ1) is 14.2. The van der Waals surface area contributed by atoms with E-state index in [-0.39, 0.29) is 17.5 Å². The monoisotopic (exact) mass is 422 g/mol. The molecule has 0 radical (unpaired) electrons. The Bertz CT molecular complexity index is 442. The van der Waals surface area contributed by atoms with Gasteiger partial charge in [0.15, 0.2) is 0 Å². The van der Waals surface area contributed by atoms with Gasteiger partial charge in [0.1, 0.15) is 0 Å². The molecule has 0 aromatic rings. The summed E-state index contributed by atoms with van der Waals surface area (Å²) >= 11 is 0. The molecule has 1 saturated heterocycles. The molecule has 0 aromatic carbocycles. The third-order valence-corrected chi connectivity index (χ3v) is 7.33. The first-order valence-corrected chi connectivity index (χ1v) is 13.3. The Labute approximate surface area is 189 Å². The van der Waals surface area contributed by atoms with Crippen LogP contribution in [0.2, 0.25) is 0 Å². The van der Waals surface area contributed by atoms with Crippen LogP contribution in [0.4, 0.5) is 0 Å². The Hall–Kier alpha value is -0.570. The summed E-state index contributed by atoms with van der Waals surface area (Å²) in [6.07, 6.45) is 16.4. The summed E-state index contributed by atoms with van der Waals surface area (Å²) in [6.45, 7) is 18.8. The van der Waals surface area contributed by atoms with E-state index in [1.807, 2.05) is 0 Å². The number of rotatable bonds is 15. The van der Waals surface area contributed by atoms with Crippen LogP contribution in [-0.4, -0.2) is 47.4 Å². The van der Waals surface area contributed by atoms with Gasteiger partial charge < -0.3 is 9.80 Å². The maximum atomic E-state index is 13.3. The number of unbranched alkanes of at least 4 members (excludes halogenated alkanes) is 9. The molecule has 0 aliphatic carbocycles. The predicted octanol–water partition coefficient (Wildman–Crippen LogP) is 7.29. The molecule has 178 valence electrons. The number of carbonyl (C=O) groups excluding carboxylic acids is 1. The fourth-order valence-electron chi connectivity index (χ4n) is 5.27. The van der Waals surface area contributed by atoms with E-state index in [0.29, 0.717) is 11.8 Å². The zero-order chi connectivity index (χ0) is 22.6. The lowest BCUT2D eigenvalue weighted by atomic mass is 9.72. The number of nitrogens with zero attached hydrogens (tertiary/aromatic N) is 2. The van der Waals surface area contributed by atoms with Crippen molar-refractivity contribution in [2.45, 2.75) is 138 Å². The Morgan fingerprint density at radius 1 is 0.833 bits per heavy atom. The first-order valence-electron chi connectivity index (χ1n) is 13.3. The fourth-order valence-corrected chi connectivity index (χ4v) is 5.27. The van der Waals surface area contributed by atoms with Crippen molar-refractivity contribution in [1.82, 2.24) is 9.80 Å². The zero-order valence-corrected chi connectivity index (χ0v) is 21.6. The van der Waals surface area contributed by atoms with E-state index in [9.17, 15) is 4.79 Å². The Morgan fingerprint density at radius 3 is 1.70 bits per heavy atom. The molecule has 1 fully saturated rings. The summed E-state index contributed by atoms with van der Waals surface area (Å²) in [5.41, 5.74) is -0.252. The first kappa shape index (κ1) is 27.5. The highest BCUT2D eigenvalue weighted by Gasteiger charge is 2.41. The third kappa shape index (κ3) is 9.28. The van der Waals surface area contributed by atoms with E-state index < -0.39 is 0 Å². The summed E-state index contributed by atoms with van der Waals surface area (Å²) < 4.78 is 0. The van der Waals surface area contributed by atoms with Crippen LogP contribution in [-0.2, 0) is 4.79 Å². The van der Waals surface area contributed by atoms with Crippen molar-refractivity contribution in [1.29, 1.82) is 0 Å². The van der Waals surface area contributed by atoms with E-state index in [1.165, 1.54) is 96.7 Å². The van der Waals surface area contributed by atoms with E-state index in [2.05, 4.69) is 58.3 Å². The molecule has 0 unspecified atom stereocenters. The molecule has 1 rings (SSSR count). The average molecular weight is 423 g/mol. The van der Waals surface area contributed by atoms with Crippen molar-refractivity contribution in [2.24, 2.45) is 11.3 Å². The summed E-state index contributed by atoms with van der Waals surface area (Å²) in [5, 5.41) is 0. The van der Waals surface area contributed by atoms with Gasteiger partial charge in [0, 0.05) is 17.5 Å². The van der Waals surface area contributed by atoms with Gasteiger partial charge in [0.2, 0.25) is 5.91 Å². The van der Waals surface area contributed by atoms with Crippen molar-refractivity contribution in [3.63, 3.8) is 0 Å². The zero-order valence-electron chi connectivity index (χ0n) is 21.6. The SMILES string of the molecule is CCCCCCCCCCCCN1CCC(C(C)(C)C(=O)N(C(C)C)C(C)C)CC1. The quantitative estimate of drug-likeness (QED) is 0.259. The lowest BCUT2D eigenvalue weighted by molar-refractivity contribution is -0.148. The molecule has 1 heterocycles. The van der Waals surface area contributed by atoms with Gasteiger partial charge in [0.25, 0.3) is 0 Å². The standard InChI is InChI=1S/C27H54N2O/c1-8-9-10-11-12-13-14-15-16-17-20-28-21-18-25(19-22-28)27(6,7)26(30)29(23(2)3)24(4)5/h23-25H,8-22H2,1-7H3. The number of likely N-dealkylation sites (tertiary alicyclic amines) is 1. The normalized spacial score (nSPS) is 16.6. The van der Waals surface area contributed by atoms with Crippen LogP contribution in [0, 0.1) is 11.3 Å². The van der Waals surface area contributed by atoms with Crippen LogP contribution in [0.1, 0.15) is 126 Å². The minimum atomic E-state index is -0.252. The molecule has 0 atom stereocenters. The highest BCUT2D eigenvalue weighted by Crippen LogP contribution is 2.37. The number of hydrogen-bond donors (Lipinski definition) is 0. The second-order valence-electron chi connectivity index (χ2n) is 10.9. The van der Waals surface area contributed by atoms with Crippen molar-refractivity contribution in [2.75, 3.05) is 19.6 Å². The number of hydrogen-bond acceptors (Lipinski definition) is 2. The fraction of sp³-hybridized carbons (Fsp3) is 0.963. The molecular formula is C27H54N2O. The van der Waals surface area contributed by atoms with E-state index >= 15 is 0 Å². The second-order valence-corrected chi connectivity index (χ2v) is 10.9. The summed E-state index contributed by atoms with van der Waals surface area (Å²) in [4.78, 5) is 18.0. The Balaban J connectivity index is 2.24. The minimum Gasteiger partial charge on any atom is -0.337 e. The van der Waals surface area contributed by atoms with Gasteiger partial charge in [0.05, 0.1) is 0 Å². The van der Waals surface area contributed by atoms with Gasteiger partial charge in [-0.2, -0.15) is 0 Å². The van der Waals surface area contributed by atoms with Crippen molar-refractivity contribution in [3.05, 3.63) is 0 Å². The second kappa shape index (κ2) is 14.5. The van der Waals surface area contributed by atoms with Crippen LogP contribution in [0.5, 0.6) is 0 Å². The summed E-state index contributed by atoms with van der Waals surface area (Å²) in [7, 11) is 0. The van der Waals surface area contributed by atoms with Crippen LogP contribution in [0.3, 0.4) is 0 Å². The van der Waals surface area contributed by atoms with Crippen molar-refractivity contribution >= 4 is 5.91 Å². The molecule has 1 aliphatic heterocycles. The van der Waals surface area contributed by atoms with Gasteiger partial charge in [-0.15, -0.1) is 0 Å². The molecule has 1 aliphatic rings. The molecular weight excluding hydrogens is 368 g/mol. The Morgan fingerprint density at radius 2 is 1.27 bits per heavy atom. The number of amides is 1. The molecule has 0 saturated carbocycles. The van der Waals surface area contributed by atoms with Crippen LogP contribution >= 0.6 is 0 Å². The van der Waals surface area contributed by atoms with Gasteiger partial charge in [-0.3, -0.25) is 4.79 Å². The molecule has 30 heavy (non-hydrogen) atoms. The van der Waals surface area contributed by atoms with Gasteiger partial charge in [-0.05, 0) is 72.5 Å². The maximum absolute atomic E-state index is 13.3. The van der Waals surface area contributed by atoms with E-state index in [1.54, 1.807) is 0 Å². The van der Waals surface area contributed by atoms with Crippen LogP contribution in [0.25, 0.3) is 0 Å². The summed E-state index contributed by atoms with van der Waals surface area (Å²) in [6, 6.07) is 0.543. The lowest BCUT2D eigenvalue weighted by Gasteiger charge is -2.44. The number of piperidine rings is 1. The smallest absolute Gasteiger partial charge is 0.228 e. The molecule has 3 nitrogen and oxygen atoms in total. The van der Waals surface area contributed by atoms with Gasteiger partial charge >= 0.3 is 0 Å². The number of carbonyl (C=O) groups is 1. The predicted molar refractivity (Wildman–Crippen MR) is 132 cm³/mol. The molecule has 3 heteroatoms. The topological polar surface area (TPSA) is 23.6 Å². The highest BCUT2D eigenvalue weighted by molar-refractivity contribution is 5.82. The molecule has 0 spiro atoms. The third-order valence-electron chi connectivity index (χ3n) is 7.33. The van der Waals surface area contributed by atoms with Gasteiger partial charge in [-0.1, -0.05) is 78.6 Å². The Kier molecular flexibility index (Phi) is 13.3. The lowest BCUT2D eigenvalue weighted by Crippen LogP contribution is -2.52. The highest BCUT2D eigenvalue weighted by atomic mass is 16.2.